The van der Waals surface area contributed by atoms with Gasteiger partial charge < -0.3 is 10.1 Å². The monoisotopic (exact) mass is 399 g/mol. The molecule has 0 amide bonds. The summed E-state index contributed by atoms with van der Waals surface area (Å²) in [6, 6.07) is 7.17. The second-order valence-electron chi connectivity index (χ2n) is 6.56. The first-order valence-electron chi connectivity index (χ1n) is 9.05. The molecule has 1 aliphatic rings. The van der Waals surface area contributed by atoms with Crippen molar-refractivity contribution in [3.63, 3.8) is 0 Å². The van der Waals surface area contributed by atoms with Gasteiger partial charge in [-0.25, -0.2) is 9.78 Å². The zero-order valence-corrected chi connectivity index (χ0v) is 16.8. The van der Waals surface area contributed by atoms with Crippen molar-refractivity contribution >= 4 is 23.5 Å². The number of allylic oxidation sites excluding steroid dienone is 3. The van der Waals surface area contributed by atoms with Gasteiger partial charge in [0.05, 0.1) is 18.6 Å². The summed E-state index contributed by atoms with van der Waals surface area (Å²) in [5.74, 6) is -1.28. The third-order valence-electron chi connectivity index (χ3n) is 4.72. The molecule has 1 aromatic heterocycles. The molecule has 1 unspecified atom stereocenters. The SMILES string of the molecule is CCCC1=C(C(=O)n2ccnc2)C(c2ccc(Cl)cc2)C(C(=O)OC)=C(C)N1. The second-order valence-corrected chi connectivity index (χ2v) is 6.99. The van der Waals surface area contributed by atoms with Crippen molar-refractivity contribution in [1.29, 1.82) is 0 Å². The molecule has 7 heteroatoms. The van der Waals surface area contributed by atoms with Crippen LogP contribution in [0, 0.1) is 0 Å². The number of carbonyl (C=O) groups excluding carboxylic acids is 2. The Morgan fingerprint density at radius 3 is 2.54 bits per heavy atom. The summed E-state index contributed by atoms with van der Waals surface area (Å²) in [5, 5.41) is 3.85. The highest BCUT2D eigenvalue weighted by Gasteiger charge is 2.38. The molecule has 0 saturated heterocycles. The molecule has 0 saturated carbocycles. The van der Waals surface area contributed by atoms with Crippen molar-refractivity contribution in [2.75, 3.05) is 7.11 Å². The van der Waals surface area contributed by atoms with Crippen molar-refractivity contribution in [2.45, 2.75) is 32.6 Å². The van der Waals surface area contributed by atoms with Gasteiger partial charge >= 0.3 is 5.97 Å². The summed E-state index contributed by atoms with van der Waals surface area (Å²) in [6.07, 6.45) is 6.12. The first-order chi connectivity index (χ1) is 13.5. The highest BCUT2D eigenvalue weighted by molar-refractivity contribution is 6.30. The van der Waals surface area contributed by atoms with Crippen molar-refractivity contribution < 1.29 is 14.3 Å². The van der Waals surface area contributed by atoms with Crippen molar-refractivity contribution in [2.24, 2.45) is 0 Å². The molecule has 0 spiro atoms. The summed E-state index contributed by atoms with van der Waals surface area (Å²) in [6.45, 7) is 3.86. The highest BCUT2D eigenvalue weighted by Crippen LogP contribution is 2.40. The molecule has 0 fully saturated rings. The topological polar surface area (TPSA) is 73.2 Å². The Kier molecular flexibility index (Phi) is 5.99. The maximum absolute atomic E-state index is 13.4. The fraction of sp³-hybridized carbons (Fsp3) is 0.286. The summed E-state index contributed by atoms with van der Waals surface area (Å²) in [7, 11) is 1.34. The molecule has 1 aromatic carbocycles. The van der Waals surface area contributed by atoms with Gasteiger partial charge in [0.1, 0.15) is 6.33 Å². The zero-order valence-electron chi connectivity index (χ0n) is 16.0. The number of nitrogens with zero attached hydrogens (tertiary/aromatic N) is 2. The number of ether oxygens (including phenoxy) is 1. The van der Waals surface area contributed by atoms with Gasteiger partial charge in [-0.1, -0.05) is 37.1 Å². The lowest BCUT2D eigenvalue weighted by Crippen LogP contribution is -2.33. The molecule has 1 aliphatic heterocycles. The molecule has 2 heterocycles. The van der Waals surface area contributed by atoms with E-state index in [2.05, 4.69) is 10.3 Å². The molecule has 1 atom stereocenters. The number of methoxy groups -OCH3 is 1. The van der Waals surface area contributed by atoms with E-state index >= 15 is 0 Å². The minimum absolute atomic E-state index is 0.234. The van der Waals surface area contributed by atoms with E-state index in [0.29, 0.717) is 28.3 Å². The molecular formula is C21H22ClN3O3. The normalized spacial score (nSPS) is 16.8. The number of carbonyl (C=O) groups is 2. The van der Waals surface area contributed by atoms with Gasteiger partial charge in [-0.05, 0) is 31.0 Å². The van der Waals surface area contributed by atoms with Crippen LogP contribution in [0.15, 0.2) is 65.5 Å². The van der Waals surface area contributed by atoms with Gasteiger partial charge in [-0.3, -0.25) is 9.36 Å². The summed E-state index contributed by atoms with van der Waals surface area (Å²) in [5.41, 5.74) is 3.19. The molecule has 146 valence electrons. The number of esters is 1. The van der Waals surface area contributed by atoms with Crippen LogP contribution in [0.25, 0.3) is 0 Å². The van der Waals surface area contributed by atoms with Crippen LogP contribution < -0.4 is 5.32 Å². The quantitative estimate of drug-likeness (QED) is 0.767. The number of rotatable bonds is 5. The van der Waals surface area contributed by atoms with Gasteiger partial charge in [-0.15, -0.1) is 0 Å². The van der Waals surface area contributed by atoms with Gasteiger partial charge in [0, 0.05) is 34.4 Å². The lowest BCUT2D eigenvalue weighted by Gasteiger charge is -2.32. The molecule has 3 rings (SSSR count). The largest absolute Gasteiger partial charge is 0.466 e. The minimum atomic E-state index is -0.567. The number of benzene rings is 1. The molecule has 0 radical (unpaired) electrons. The predicted octanol–water partition coefficient (Wildman–Crippen LogP) is 4.06. The molecule has 6 nitrogen and oxygen atoms in total. The maximum Gasteiger partial charge on any atom is 0.336 e. The van der Waals surface area contributed by atoms with E-state index in [4.69, 9.17) is 16.3 Å². The van der Waals surface area contributed by atoms with Crippen LogP contribution in [-0.2, 0) is 9.53 Å². The van der Waals surface area contributed by atoms with Crippen LogP contribution in [0.3, 0.4) is 0 Å². The fourth-order valence-electron chi connectivity index (χ4n) is 3.48. The first kappa shape index (κ1) is 19.9. The number of hydrogen-bond donors (Lipinski definition) is 1. The Morgan fingerprint density at radius 2 is 1.96 bits per heavy atom. The maximum atomic E-state index is 13.4. The Morgan fingerprint density at radius 1 is 1.25 bits per heavy atom. The molecule has 2 aromatic rings. The number of halogens is 1. The standard InChI is InChI=1S/C21H22ClN3O3/c1-4-5-16-19(20(26)25-11-10-23-12-25)18(14-6-8-15(22)9-7-14)17(13(2)24-16)21(27)28-3/h6-12,18,24H,4-5H2,1-3H3. The van der Waals surface area contributed by atoms with E-state index in [0.717, 1.165) is 17.7 Å². The Balaban J connectivity index is 2.24. The average Bonchev–Trinajstić information content (AvgIpc) is 3.22. The zero-order chi connectivity index (χ0) is 20.3. The molecule has 0 bridgehead atoms. The lowest BCUT2D eigenvalue weighted by atomic mass is 9.79. The highest BCUT2D eigenvalue weighted by atomic mass is 35.5. The third kappa shape index (κ3) is 3.73. The van der Waals surface area contributed by atoms with E-state index in [1.807, 2.05) is 26.0 Å². The van der Waals surface area contributed by atoms with E-state index in [1.165, 1.54) is 18.0 Å². The van der Waals surface area contributed by atoms with Crippen molar-refractivity contribution in [3.8, 4) is 0 Å². The van der Waals surface area contributed by atoms with Crippen LogP contribution in [0.4, 0.5) is 0 Å². The fourth-order valence-corrected chi connectivity index (χ4v) is 3.61. The van der Waals surface area contributed by atoms with Gasteiger partial charge in [0.15, 0.2) is 0 Å². The average molecular weight is 400 g/mol. The summed E-state index contributed by atoms with van der Waals surface area (Å²) < 4.78 is 6.46. The van der Waals surface area contributed by atoms with E-state index in [9.17, 15) is 9.59 Å². The Labute approximate surface area is 168 Å². The van der Waals surface area contributed by atoms with E-state index in [-0.39, 0.29) is 5.91 Å². The Bertz CT molecular complexity index is 944. The van der Waals surface area contributed by atoms with Gasteiger partial charge in [0.25, 0.3) is 5.91 Å². The third-order valence-corrected chi connectivity index (χ3v) is 4.97. The Hall–Kier alpha value is -2.86. The summed E-state index contributed by atoms with van der Waals surface area (Å²) in [4.78, 5) is 30.0. The molecular weight excluding hydrogens is 378 g/mol. The van der Waals surface area contributed by atoms with Crippen molar-refractivity contribution in [3.05, 3.63) is 76.1 Å². The number of aromatic nitrogens is 2. The number of dihydropyridines is 1. The van der Waals surface area contributed by atoms with Crippen molar-refractivity contribution in [1.82, 2.24) is 14.9 Å². The second kappa shape index (κ2) is 8.44. The summed E-state index contributed by atoms with van der Waals surface area (Å²) >= 11 is 6.06. The number of hydrogen-bond acceptors (Lipinski definition) is 5. The first-order valence-corrected chi connectivity index (χ1v) is 9.43. The number of imidazole rings is 1. The molecule has 28 heavy (non-hydrogen) atoms. The molecule has 1 N–H and O–H groups in total. The van der Waals surface area contributed by atoms with Crippen LogP contribution >= 0.6 is 11.6 Å². The minimum Gasteiger partial charge on any atom is -0.466 e. The number of nitrogens with one attached hydrogen (secondary N) is 1. The van der Waals surface area contributed by atoms with Gasteiger partial charge in [-0.2, -0.15) is 0 Å². The molecule has 0 aliphatic carbocycles. The van der Waals surface area contributed by atoms with Crippen LogP contribution in [0.1, 0.15) is 43.0 Å². The van der Waals surface area contributed by atoms with E-state index < -0.39 is 11.9 Å². The van der Waals surface area contributed by atoms with Crippen LogP contribution in [0.5, 0.6) is 0 Å². The van der Waals surface area contributed by atoms with E-state index in [1.54, 1.807) is 24.5 Å². The van der Waals surface area contributed by atoms with Gasteiger partial charge in [0.2, 0.25) is 0 Å². The lowest BCUT2D eigenvalue weighted by molar-refractivity contribution is -0.136. The predicted molar refractivity (Wildman–Crippen MR) is 107 cm³/mol. The smallest absolute Gasteiger partial charge is 0.336 e. The van der Waals surface area contributed by atoms with Crippen LogP contribution in [0.2, 0.25) is 5.02 Å². The van der Waals surface area contributed by atoms with Crippen LogP contribution in [-0.4, -0.2) is 28.5 Å².